The lowest BCUT2D eigenvalue weighted by atomic mass is 9.91. The van der Waals surface area contributed by atoms with Gasteiger partial charge in [0.1, 0.15) is 23.1 Å². The van der Waals surface area contributed by atoms with Crippen LogP contribution < -0.4 is 0 Å². The van der Waals surface area contributed by atoms with Gasteiger partial charge in [0.05, 0.1) is 18.6 Å². The summed E-state index contributed by atoms with van der Waals surface area (Å²) in [6.07, 6.45) is -0.351. The molecule has 0 aromatic carbocycles. The van der Waals surface area contributed by atoms with E-state index in [9.17, 15) is 24.6 Å². The zero-order valence-electron chi connectivity index (χ0n) is 14.0. The van der Waals surface area contributed by atoms with Crippen LogP contribution in [-0.2, 0) is 23.9 Å². The number of aliphatic hydroxyl groups is 1. The molecule has 0 aliphatic carbocycles. The van der Waals surface area contributed by atoms with E-state index in [4.69, 9.17) is 9.47 Å². The van der Waals surface area contributed by atoms with Gasteiger partial charge in [0.15, 0.2) is 0 Å². The van der Waals surface area contributed by atoms with Gasteiger partial charge in [-0.05, 0) is 26.7 Å². The monoisotopic (exact) mass is 371 g/mol. The van der Waals surface area contributed by atoms with Crippen molar-refractivity contribution in [1.82, 2.24) is 4.90 Å². The van der Waals surface area contributed by atoms with Gasteiger partial charge < -0.3 is 19.7 Å². The topological polar surface area (TPSA) is 113 Å². The number of carbonyl (C=O) groups is 3. The number of esters is 1. The van der Waals surface area contributed by atoms with Crippen molar-refractivity contribution in [1.29, 1.82) is 0 Å². The number of ether oxygens (including phenoxy) is 2. The van der Waals surface area contributed by atoms with E-state index >= 15 is 0 Å². The van der Waals surface area contributed by atoms with Gasteiger partial charge in [-0.25, -0.2) is 4.79 Å². The molecule has 8 nitrogen and oxygen atoms in total. The Balaban J connectivity index is 1.72. The van der Waals surface area contributed by atoms with Crippen molar-refractivity contribution in [3.8, 4) is 0 Å². The summed E-state index contributed by atoms with van der Waals surface area (Å²) in [5.74, 6) is -2.69. The van der Waals surface area contributed by atoms with E-state index in [1.54, 1.807) is 6.92 Å². The standard InChI is InChI=1S/C16H21NO7S/c1-7(18)6-10(19)24-8(2)11-14(20)17-12(16(21)22)13(25-15(11)17)9-4-3-5-23-9/h7-9,11,15,18H,3-6H2,1-2H3,(H,21,22)/t7-,8+,9+,11-,15+/m0/s1. The summed E-state index contributed by atoms with van der Waals surface area (Å²) in [4.78, 5) is 37.7. The van der Waals surface area contributed by atoms with Gasteiger partial charge in [-0.2, -0.15) is 0 Å². The second-order valence-corrected chi connectivity index (χ2v) is 7.67. The molecule has 0 bridgehead atoms. The van der Waals surface area contributed by atoms with Crippen LogP contribution in [0.5, 0.6) is 0 Å². The molecule has 9 heteroatoms. The molecule has 0 saturated carbocycles. The number of fused-ring (bicyclic) bond motifs is 1. The number of aliphatic carboxylic acids is 1. The number of carbonyl (C=O) groups excluding carboxylic acids is 2. The Morgan fingerprint density at radius 1 is 1.44 bits per heavy atom. The van der Waals surface area contributed by atoms with Crippen LogP contribution in [0.2, 0.25) is 0 Å². The molecule has 2 fully saturated rings. The largest absolute Gasteiger partial charge is 0.477 e. The molecule has 1 amide bonds. The third-order valence-corrected chi connectivity index (χ3v) is 5.97. The molecule has 3 rings (SSSR count). The molecule has 0 aromatic rings. The highest BCUT2D eigenvalue weighted by Gasteiger charge is 2.59. The highest BCUT2D eigenvalue weighted by Crippen LogP contribution is 2.53. The number of carboxylic acids is 1. The van der Waals surface area contributed by atoms with Crippen molar-refractivity contribution in [2.24, 2.45) is 5.92 Å². The highest BCUT2D eigenvalue weighted by molar-refractivity contribution is 8.04. The Morgan fingerprint density at radius 3 is 2.72 bits per heavy atom. The average Bonchev–Trinajstić information content (AvgIpc) is 3.10. The van der Waals surface area contributed by atoms with Crippen molar-refractivity contribution < 1.29 is 34.1 Å². The molecule has 25 heavy (non-hydrogen) atoms. The van der Waals surface area contributed by atoms with Crippen LogP contribution in [0.15, 0.2) is 10.6 Å². The zero-order chi connectivity index (χ0) is 18.3. The molecular formula is C16H21NO7S. The predicted molar refractivity (Wildman–Crippen MR) is 87.2 cm³/mol. The van der Waals surface area contributed by atoms with E-state index in [1.165, 1.54) is 23.6 Å². The third-order valence-electron chi connectivity index (χ3n) is 4.52. The van der Waals surface area contributed by atoms with Crippen LogP contribution in [0.4, 0.5) is 0 Å². The maximum absolute atomic E-state index is 12.5. The molecule has 3 heterocycles. The Kier molecular flexibility index (Phi) is 5.08. The van der Waals surface area contributed by atoms with E-state index in [0.29, 0.717) is 11.5 Å². The van der Waals surface area contributed by atoms with Crippen LogP contribution in [-0.4, -0.2) is 63.3 Å². The summed E-state index contributed by atoms with van der Waals surface area (Å²) in [5.41, 5.74) is -0.00865. The van der Waals surface area contributed by atoms with Gasteiger partial charge in [-0.3, -0.25) is 14.5 Å². The van der Waals surface area contributed by atoms with Crippen LogP contribution in [0.3, 0.4) is 0 Å². The fourth-order valence-corrected chi connectivity index (χ4v) is 5.07. The molecule has 5 atom stereocenters. The van der Waals surface area contributed by atoms with Crippen LogP contribution in [0.25, 0.3) is 0 Å². The summed E-state index contributed by atoms with van der Waals surface area (Å²) >= 11 is 1.31. The Bertz CT molecular complexity index is 626. The molecule has 2 N–H and O–H groups in total. The fourth-order valence-electron chi connectivity index (χ4n) is 3.38. The molecule has 0 radical (unpaired) electrons. The van der Waals surface area contributed by atoms with Gasteiger partial charge in [0.2, 0.25) is 5.91 Å². The normalized spacial score (nSPS) is 30.8. The number of aliphatic hydroxyl groups excluding tert-OH is 1. The quantitative estimate of drug-likeness (QED) is 0.518. The number of hydrogen-bond acceptors (Lipinski definition) is 7. The van der Waals surface area contributed by atoms with Crippen molar-refractivity contribution >= 4 is 29.6 Å². The third kappa shape index (κ3) is 3.28. The SMILES string of the molecule is C[C@H](O)CC(=O)O[C@H](C)[C@H]1C(=O)N2C(C(=O)O)=C([C@H]3CCCO3)S[C@H]12. The Labute approximate surface area is 149 Å². The summed E-state index contributed by atoms with van der Waals surface area (Å²) in [6, 6.07) is 0. The van der Waals surface area contributed by atoms with E-state index in [-0.39, 0.29) is 24.1 Å². The van der Waals surface area contributed by atoms with Crippen LogP contribution in [0.1, 0.15) is 33.1 Å². The van der Waals surface area contributed by atoms with E-state index < -0.39 is 35.4 Å². The van der Waals surface area contributed by atoms with Crippen molar-refractivity contribution in [2.75, 3.05) is 6.61 Å². The first-order valence-corrected chi connectivity index (χ1v) is 9.15. The molecule has 138 valence electrons. The number of carboxylic acid groups (broad SMARTS) is 1. The molecule has 3 aliphatic rings. The summed E-state index contributed by atoms with van der Waals surface area (Å²) in [6.45, 7) is 3.67. The van der Waals surface area contributed by atoms with Crippen LogP contribution >= 0.6 is 11.8 Å². The first-order valence-electron chi connectivity index (χ1n) is 8.27. The predicted octanol–water partition coefficient (Wildman–Crippen LogP) is 0.696. The first kappa shape index (κ1) is 18.2. The molecule has 2 saturated heterocycles. The van der Waals surface area contributed by atoms with Gasteiger partial charge in [0.25, 0.3) is 0 Å². The molecular weight excluding hydrogens is 350 g/mol. The summed E-state index contributed by atoms with van der Waals surface area (Å²) in [7, 11) is 0. The number of thioether (sulfide) groups is 1. The van der Waals surface area contributed by atoms with E-state index in [2.05, 4.69) is 0 Å². The minimum atomic E-state index is -1.15. The lowest BCUT2D eigenvalue weighted by Crippen LogP contribution is -2.61. The van der Waals surface area contributed by atoms with Gasteiger partial charge >= 0.3 is 11.9 Å². The zero-order valence-corrected chi connectivity index (χ0v) is 14.8. The minimum absolute atomic E-state index is 0.00865. The second kappa shape index (κ2) is 6.97. The van der Waals surface area contributed by atoms with Crippen molar-refractivity contribution in [3.05, 3.63) is 10.6 Å². The Morgan fingerprint density at radius 2 is 2.16 bits per heavy atom. The summed E-state index contributed by atoms with van der Waals surface area (Å²) in [5, 5.41) is 18.4. The highest BCUT2D eigenvalue weighted by atomic mass is 32.2. The van der Waals surface area contributed by atoms with Crippen molar-refractivity contribution in [2.45, 2.75) is 56.8 Å². The lowest BCUT2D eigenvalue weighted by molar-refractivity contribution is -0.167. The molecule has 3 aliphatic heterocycles. The maximum Gasteiger partial charge on any atom is 0.353 e. The number of hydrogen-bond donors (Lipinski definition) is 2. The smallest absolute Gasteiger partial charge is 0.353 e. The number of β-lactam (4-membered cyclic amide) rings is 1. The maximum atomic E-state index is 12.5. The van der Waals surface area contributed by atoms with Gasteiger partial charge in [-0.15, -0.1) is 0 Å². The van der Waals surface area contributed by atoms with E-state index in [1.807, 2.05) is 0 Å². The first-order chi connectivity index (χ1) is 11.8. The van der Waals surface area contributed by atoms with Crippen molar-refractivity contribution in [3.63, 3.8) is 0 Å². The number of nitrogens with zero attached hydrogens (tertiary/aromatic N) is 1. The fraction of sp³-hybridized carbons (Fsp3) is 0.688. The summed E-state index contributed by atoms with van der Waals surface area (Å²) < 4.78 is 10.8. The van der Waals surface area contributed by atoms with Crippen LogP contribution in [0, 0.1) is 5.92 Å². The van der Waals surface area contributed by atoms with Gasteiger partial charge in [0, 0.05) is 11.5 Å². The van der Waals surface area contributed by atoms with E-state index in [0.717, 1.165) is 12.8 Å². The molecule has 0 aromatic heterocycles. The average molecular weight is 371 g/mol. The molecule has 0 spiro atoms. The van der Waals surface area contributed by atoms with Gasteiger partial charge in [-0.1, -0.05) is 11.8 Å². The second-order valence-electron chi connectivity index (χ2n) is 6.51. The Hall–Kier alpha value is -1.58. The number of amides is 1. The number of rotatable bonds is 6. The minimum Gasteiger partial charge on any atom is -0.477 e. The molecule has 0 unspecified atom stereocenters. The lowest BCUT2D eigenvalue weighted by Gasteiger charge is -2.44.